The molecule has 3 N–H and O–H groups in total. The predicted octanol–water partition coefficient (Wildman–Crippen LogP) is 0.276. The Labute approximate surface area is 101 Å². The van der Waals surface area contributed by atoms with Gasteiger partial charge in [0.15, 0.2) is 11.0 Å². The third kappa shape index (κ3) is 3.25. The third-order valence-corrected chi connectivity index (χ3v) is 2.64. The highest BCUT2D eigenvalue weighted by Crippen LogP contribution is 2.11. The maximum Gasteiger partial charge on any atom is 0.246 e. The lowest BCUT2D eigenvalue weighted by molar-refractivity contribution is -0.120. The second-order valence-electron chi connectivity index (χ2n) is 3.37. The van der Waals surface area contributed by atoms with Crippen LogP contribution in [0.3, 0.4) is 0 Å². The highest BCUT2D eigenvalue weighted by atomic mass is 32.1. The number of hydrogen-bond donors (Lipinski definition) is 2. The number of anilines is 1. The molecule has 0 bridgehead atoms. The van der Waals surface area contributed by atoms with Crippen molar-refractivity contribution in [3.63, 3.8) is 0 Å². The van der Waals surface area contributed by atoms with E-state index in [1.54, 1.807) is 12.3 Å². The summed E-state index contributed by atoms with van der Waals surface area (Å²) < 4.78 is 4.86. The third-order valence-electron chi connectivity index (χ3n) is 1.92. The zero-order chi connectivity index (χ0) is 12.3. The molecule has 0 spiro atoms. The first kappa shape index (κ1) is 11.5. The Balaban J connectivity index is 1.82. The van der Waals surface area contributed by atoms with Crippen molar-refractivity contribution < 1.29 is 9.32 Å². The van der Waals surface area contributed by atoms with Crippen molar-refractivity contribution in [2.24, 2.45) is 0 Å². The van der Waals surface area contributed by atoms with Gasteiger partial charge in [-0.25, -0.2) is 4.98 Å². The number of nitrogens with one attached hydrogen (secondary N) is 1. The van der Waals surface area contributed by atoms with Gasteiger partial charge in [0.1, 0.15) is 0 Å². The zero-order valence-electron chi connectivity index (χ0n) is 9.14. The zero-order valence-corrected chi connectivity index (χ0v) is 9.95. The van der Waals surface area contributed by atoms with Crippen LogP contribution in [0.2, 0.25) is 0 Å². The number of nitrogens with two attached hydrogens (primary N) is 1. The first-order valence-electron chi connectivity index (χ1n) is 4.89. The van der Waals surface area contributed by atoms with E-state index in [2.05, 4.69) is 20.4 Å². The van der Waals surface area contributed by atoms with E-state index >= 15 is 0 Å². The molecule has 0 aromatic carbocycles. The first-order chi connectivity index (χ1) is 8.13. The predicted molar refractivity (Wildman–Crippen MR) is 61.1 cm³/mol. The van der Waals surface area contributed by atoms with Crippen molar-refractivity contribution in [3.05, 3.63) is 22.8 Å². The van der Waals surface area contributed by atoms with Gasteiger partial charge in [-0.1, -0.05) is 5.16 Å². The van der Waals surface area contributed by atoms with Crippen LogP contribution in [0.15, 0.2) is 9.90 Å². The number of nitrogen functional groups attached to an aromatic ring is 1. The van der Waals surface area contributed by atoms with Crippen molar-refractivity contribution in [3.8, 4) is 0 Å². The molecule has 0 aliphatic carbocycles. The molecule has 0 atom stereocenters. The van der Waals surface area contributed by atoms with Crippen molar-refractivity contribution in [1.29, 1.82) is 0 Å². The Hall–Kier alpha value is -1.96. The molecule has 0 aliphatic rings. The van der Waals surface area contributed by atoms with Crippen molar-refractivity contribution in [1.82, 2.24) is 20.4 Å². The molecule has 17 heavy (non-hydrogen) atoms. The van der Waals surface area contributed by atoms with Crippen LogP contribution < -0.4 is 11.1 Å². The van der Waals surface area contributed by atoms with Crippen LogP contribution in [0.4, 0.5) is 5.13 Å². The fourth-order valence-electron chi connectivity index (χ4n) is 1.22. The summed E-state index contributed by atoms with van der Waals surface area (Å²) in [6.45, 7) is 1.94. The topological polar surface area (TPSA) is 107 Å². The smallest absolute Gasteiger partial charge is 0.246 e. The minimum atomic E-state index is -0.161. The number of carbonyl (C=O) groups excluding carboxylic acids is 1. The summed E-state index contributed by atoms with van der Waals surface area (Å²) in [6.07, 6.45) is 0.195. The second-order valence-corrected chi connectivity index (χ2v) is 4.26. The normalized spacial score (nSPS) is 10.4. The molecule has 2 aromatic rings. The number of aryl methyl sites for hydroxylation is 1. The minimum absolute atomic E-state index is 0.161. The van der Waals surface area contributed by atoms with Crippen molar-refractivity contribution >= 4 is 22.4 Å². The van der Waals surface area contributed by atoms with E-state index in [-0.39, 0.29) is 18.9 Å². The summed E-state index contributed by atoms with van der Waals surface area (Å²) in [7, 11) is 0. The Bertz CT molecular complexity index is 521. The number of nitrogens with zero attached hydrogens (tertiary/aromatic N) is 3. The molecule has 0 saturated heterocycles. The van der Waals surface area contributed by atoms with E-state index < -0.39 is 0 Å². The van der Waals surface area contributed by atoms with Gasteiger partial charge in [0.25, 0.3) is 0 Å². The highest BCUT2D eigenvalue weighted by Gasteiger charge is 2.08. The van der Waals surface area contributed by atoms with Gasteiger partial charge >= 0.3 is 0 Å². The minimum Gasteiger partial charge on any atom is -0.375 e. The molecule has 2 rings (SSSR count). The van der Waals surface area contributed by atoms with Gasteiger partial charge in [0.2, 0.25) is 11.8 Å². The molecule has 90 valence electrons. The van der Waals surface area contributed by atoms with Crippen molar-refractivity contribution in [2.45, 2.75) is 19.9 Å². The van der Waals surface area contributed by atoms with Crippen LogP contribution in [0.5, 0.6) is 0 Å². The van der Waals surface area contributed by atoms with E-state index in [1.807, 2.05) is 0 Å². The Morgan fingerprint density at radius 1 is 1.59 bits per heavy atom. The quantitative estimate of drug-likeness (QED) is 0.810. The van der Waals surface area contributed by atoms with Gasteiger partial charge in [-0.05, 0) is 6.92 Å². The average molecular weight is 253 g/mol. The average Bonchev–Trinajstić information content (AvgIpc) is 2.85. The van der Waals surface area contributed by atoms with Crippen molar-refractivity contribution in [2.75, 3.05) is 5.73 Å². The summed E-state index contributed by atoms with van der Waals surface area (Å²) in [5, 5.41) is 8.49. The maximum atomic E-state index is 11.5. The summed E-state index contributed by atoms with van der Waals surface area (Å²) in [5.41, 5.74) is 6.12. The number of aromatic nitrogens is 3. The number of carbonyl (C=O) groups is 1. The summed E-state index contributed by atoms with van der Waals surface area (Å²) in [4.78, 5) is 19.5. The number of rotatable bonds is 4. The lowest BCUT2D eigenvalue weighted by atomic mass is 10.3. The Kier molecular flexibility index (Phi) is 3.33. The van der Waals surface area contributed by atoms with Crippen LogP contribution in [0.25, 0.3) is 0 Å². The molecule has 1 amide bonds. The Morgan fingerprint density at radius 2 is 2.41 bits per heavy atom. The maximum absolute atomic E-state index is 11.5. The fraction of sp³-hybridized carbons (Fsp3) is 0.333. The molecule has 2 aromatic heterocycles. The molecule has 8 heteroatoms. The number of thiazole rings is 1. The van der Waals surface area contributed by atoms with Gasteiger partial charge in [-0.2, -0.15) is 4.98 Å². The standard InChI is InChI=1S/C9H11N5O2S/c1-5-12-8(16-14-5)3-11-7(15)2-6-4-17-9(10)13-6/h4H,2-3H2,1H3,(H2,10,13)(H,11,15). The van der Waals surface area contributed by atoms with Crippen LogP contribution in [0, 0.1) is 6.92 Å². The largest absolute Gasteiger partial charge is 0.375 e. The molecule has 0 aliphatic heterocycles. The lowest BCUT2D eigenvalue weighted by Gasteiger charge is -1.99. The van der Waals surface area contributed by atoms with Gasteiger partial charge in [-0.3, -0.25) is 4.79 Å². The molecule has 0 saturated carbocycles. The molecular weight excluding hydrogens is 242 g/mol. The second kappa shape index (κ2) is 4.91. The van der Waals surface area contributed by atoms with E-state index in [9.17, 15) is 4.79 Å². The van der Waals surface area contributed by atoms with Gasteiger partial charge < -0.3 is 15.6 Å². The molecular formula is C9H11N5O2S. The van der Waals surface area contributed by atoms with Gasteiger partial charge in [0.05, 0.1) is 18.7 Å². The number of amides is 1. The van der Waals surface area contributed by atoms with Crippen LogP contribution in [0.1, 0.15) is 17.4 Å². The molecule has 0 radical (unpaired) electrons. The van der Waals surface area contributed by atoms with E-state index in [1.165, 1.54) is 11.3 Å². The van der Waals surface area contributed by atoms with E-state index in [0.717, 1.165) is 0 Å². The summed E-state index contributed by atoms with van der Waals surface area (Å²) >= 11 is 1.31. The van der Waals surface area contributed by atoms with Gasteiger partial charge in [0, 0.05) is 5.38 Å². The molecule has 7 nitrogen and oxygen atoms in total. The molecule has 0 unspecified atom stereocenters. The molecule has 2 heterocycles. The van der Waals surface area contributed by atoms with Crippen LogP contribution >= 0.6 is 11.3 Å². The van der Waals surface area contributed by atoms with E-state index in [0.29, 0.717) is 22.5 Å². The van der Waals surface area contributed by atoms with Crippen LogP contribution in [-0.2, 0) is 17.8 Å². The lowest BCUT2D eigenvalue weighted by Crippen LogP contribution is -2.24. The van der Waals surface area contributed by atoms with Gasteiger partial charge in [-0.15, -0.1) is 11.3 Å². The number of hydrogen-bond acceptors (Lipinski definition) is 7. The Morgan fingerprint density at radius 3 is 3.00 bits per heavy atom. The van der Waals surface area contributed by atoms with Crippen LogP contribution in [-0.4, -0.2) is 21.0 Å². The first-order valence-corrected chi connectivity index (χ1v) is 5.77. The highest BCUT2D eigenvalue weighted by molar-refractivity contribution is 7.13. The van der Waals surface area contributed by atoms with E-state index in [4.69, 9.17) is 10.3 Å². The monoisotopic (exact) mass is 253 g/mol. The molecule has 0 fully saturated rings. The summed E-state index contributed by atoms with van der Waals surface area (Å²) in [6, 6.07) is 0. The SMILES string of the molecule is Cc1noc(CNC(=O)Cc2csc(N)n2)n1. The summed E-state index contributed by atoms with van der Waals surface area (Å²) in [5.74, 6) is 0.765. The fourth-order valence-corrected chi connectivity index (χ4v) is 1.78.